The van der Waals surface area contributed by atoms with Gasteiger partial charge in [0.05, 0.1) is 13.5 Å². The summed E-state index contributed by atoms with van der Waals surface area (Å²) in [6.45, 7) is 7.24. The van der Waals surface area contributed by atoms with Gasteiger partial charge in [-0.25, -0.2) is 0 Å². The zero-order chi connectivity index (χ0) is 17.7. The van der Waals surface area contributed by atoms with Crippen LogP contribution in [0.25, 0.3) is 6.08 Å². The van der Waals surface area contributed by atoms with E-state index in [4.69, 9.17) is 4.42 Å². The topological polar surface area (TPSA) is 59.8 Å². The summed E-state index contributed by atoms with van der Waals surface area (Å²) in [6, 6.07) is 3.88. The first-order valence-electron chi connectivity index (χ1n) is 8.54. The Labute approximate surface area is 143 Å². The fourth-order valence-corrected chi connectivity index (χ4v) is 2.70. The van der Waals surface area contributed by atoms with Crippen LogP contribution in [0.4, 0.5) is 0 Å². The van der Waals surface area contributed by atoms with Gasteiger partial charge in [0.15, 0.2) is 0 Å². The van der Waals surface area contributed by atoms with Gasteiger partial charge in [0.1, 0.15) is 11.5 Å². The molecule has 1 aliphatic rings. The van der Waals surface area contributed by atoms with Crippen LogP contribution in [-0.4, -0.2) is 37.0 Å². The summed E-state index contributed by atoms with van der Waals surface area (Å²) in [4.78, 5) is 25.4. The Balaban J connectivity index is 1.94. The van der Waals surface area contributed by atoms with Crippen molar-refractivity contribution in [3.05, 3.63) is 29.7 Å². The van der Waals surface area contributed by atoms with Gasteiger partial charge >= 0.3 is 5.97 Å². The number of esters is 1. The molecule has 2 rings (SSSR count). The minimum Gasteiger partial charge on any atom is -0.469 e. The number of hydrogen-bond donors (Lipinski definition) is 0. The number of ether oxygens (including phenoxy) is 1. The van der Waals surface area contributed by atoms with Crippen molar-refractivity contribution in [2.24, 2.45) is 11.8 Å². The van der Waals surface area contributed by atoms with Crippen LogP contribution in [-0.2, 0) is 14.3 Å². The lowest BCUT2D eigenvalue weighted by molar-refractivity contribution is -0.141. The van der Waals surface area contributed by atoms with Crippen molar-refractivity contribution in [2.75, 3.05) is 20.2 Å². The molecule has 1 aromatic heterocycles. The van der Waals surface area contributed by atoms with Crippen LogP contribution >= 0.6 is 0 Å². The van der Waals surface area contributed by atoms with Gasteiger partial charge in [-0.15, -0.1) is 0 Å². The van der Waals surface area contributed by atoms with Crippen LogP contribution < -0.4 is 0 Å². The quantitative estimate of drug-likeness (QED) is 0.540. The Kier molecular flexibility index (Phi) is 6.23. The van der Waals surface area contributed by atoms with E-state index >= 15 is 0 Å². The molecule has 0 radical (unpaired) electrons. The second-order valence-electron chi connectivity index (χ2n) is 6.90. The first-order chi connectivity index (χ1) is 11.4. The lowest BCUT2D eigenvalue weighted by atomic mass is 10.2. The average Bonchev–Trinajstić information content (AvgIpc) is 3.09. The normalized spacial score (nSPS) is 19.7. The second-order valence-corrected chi connectivity index (χ2v) is 6.90. The highest BCUT2D eigenvalue weighted by Crippen LogP contribution is 2.47. The van der Waals surface area contributed by atoms with E-state index in [0.29, 0.717) is 36.6 Å². The number of carbonyl (C=O) groups is 2. The minimum absolute atomic E-state index is 0.120. The van der Waals surface area contributed by atoms with Crippen LogP contribution in [0.1, 0.15) is 51.1 Å². The Hall–Kier alpha value is -2.04. The van der Waals surface area contributed by atoms with E-state index in [-0.39, 0.29) is 18.3 Å². The van der Waals surface area contributed by atoms with Gasteiger partial charge in [0.2, 0.25) is 5.91 Å². The fourth-order valence-electron chi connectivity index (χ4n) is 2.70. The molecule has 1 saturated carbocycles. The number of nitrogens with zero attached hydrogens (tertiary/aromatic N) is 1. The summed E-state index contributed by atoms with van der Waals surface area (Å²) < 4.78 is 10.4. The number of carbonyl (C=O) groups excluding carboxylic acids is 2. The molecule has 1 aromatic rings. The molecule has 2 unspecified atom stereocenters. The predicted octanol–water partition coefficient (Wildman–Crippen LogP) is 3.46. The highest BCUT2D eigenvalue weighted by molar-refractivity contribution is 5.91. The Bertz CT molecular complexity index is 602. The fraction of sp³-hybridized carbons (Fsp3) is 0.579. The molecule has 0 spiro atoms. The highest BCUT2D eigenvalue weighted by atomic mass is 16.5. The maximum Gasteiger partial charge on any atom is 0.307 e. The molecular weight excluding hydrogens is 306 g/mol. The monoisotopic (exact) mass is 333 g/mol. The summed E-state index contributed by atoms with van der Waals surface area (Å²) in [6.07, 6.45) is 4.58. The zero-order valence-corrected chi connectivity index (χ0v) is 15.0. The van der Waals surface area contributed by atoms with Crippen molar-refractivity contribution >= 4 is 18.0 Å². The Morgan fingerprint density at radius 1 is 1.42 bits per heavy atom. The number of hydrogen-bond acceptors (Lipinski definition) is 4. The molecule has 0 N–H and O–H groups in total. The Morgan fingerprint density at radius 3 is 2.71 bits per heavy atom. The lowest BCUT2D eigenvalue weighted by Gasteiger charge is -2.22. The van der Waals surface area contributed by atoms with Gasteiger partial charge in [0.25, 0.3) is 0 Å². The summed E-state index contributed by atoms with van der Waals surface area (Å²) in [5.41, 5.74) is 0. The standard InChI is InChI=1S/C19H27NO4/c1-13(2)12-20(10-9-19(22)23-4)18(21)8-6-15-5-7-17(24-15)16-11-14(16)3/h5-8,13-14,16H,9-12H2,1-4H3. The molecule has 132 valence electrons. The van der Waals surface area contributed by atoms with Crippen molar-refractivity contribution < 1.29 is 18.7 Å². The van der Waals surface area contributed by atoms with Crippen LogP contribution in [0, 0.1) is 11.8 Å². The van der Waals surface area contributed by atoms with Gasteiger partial charge in [-0.2, -0.15) is 0 Å². The molecule has 1 fully saturated rings. The van der Waals surface area contributed by atoms with Crippen molar-refractivity contribution in [2.45, 2.75) is 39.5 Å². The summed E-state index contributed by atoms with van der Waals surface area (Å²) >= 11 is 0. The maximum absolute atomic E-state index is 12.4. The molecule has 1 amide bonds. The smallest absolute Gasteiger partial charge is 0.307 e. The average molecular weight is 333 g/mol. The van der Waals surface area contributed by atoms with Crippen molar-refractivity contribution in [1.82, 2.24) is 4.90 Å². The van der Waals surface area contributed by atoms with Crippen LogP contribution in [0.15, 0.2) is 22.6 Å². The molecule has 0 saturated heterocycles. The summed E-state index contributed by atoms with van der Waals surface area (Å²) in [5, 5.41) is 0. The zero-order valence-electron chi connectivity index (χ0n) is 15.0. The third-order valence-corrected chi connectivity index (χ3v) is 4.22. The molecule has 5 heteroatoms. The van der Waals surface area contributed by atoms with E-state index in [1.807, 2.05) is 26.0 Å². The third-order valence-electron chi connectivity index (χ3n) is 4.22. The maximum atomic E-state index is 12.4. The largest absolute Gasteiger partial charge is 0.469 e. The third kappa shape index (κ3) is 5.25. The van der Waals surface area contributed by atoms with Crippen molar-refractivity contribution in [3.63, 3.8) is 0 Å². The number of furan rings is 1. The molecule has 2 atom stereocenters. The summed E-state index contributed by atoms with van der Waals surface area (Å²) in [7, 11) is 1.35. The molecule has 5 nitrogen and oxygen atoms in total. The molecule has 1 heterocycles. The summed E-state index contributed by atoms with van der Waals surface area (Å²) in [5.74, 6) is 2.80. The molecule has 24 heavy (non-hydrogen) atoms. The number of amides is 1. The highest BCUT2D eigenvalue weighted by Gasteiger charge is 2.36. The van der Waals surface area contributed by atoms with Crippen LogP contribution in [0.5, 0.6) is 0 Å². The van der Waals surface area contributed by atoms with E-state index < -0.39 is 0 Å². The van der Waals surface area contributed by atoms with Gasteiger partial charge in [-0.1, -0.05) is 20.8 Å². The van der Waals surface area contributed by atoms with E-state index in [1.54, 1.807) is 11.0 Å². The van der Waals surface area contributed by atoms with Crippen LogP contribution in [0.3, 0.4) is 0 Å². The molecule has 0 aliphatic heterocycles. The van der Waals surface area contributed by atoms with Crippen LogP contribution in [0.2, 0.25) is 0 Å². The van der Waals surface area contributed by atoms with E-state index in [2.05, 4.69) is 11.7 Å². The van der Waals surface area contributed by atoms with Gasteiger partial charge < -0.3 is 14.1 Å². The molecule has 0 bridgehead atoms. The number of methoxy groups -OCH3 is 1. The van der Waals surface area contributed by atoms with Crippen molar-refractivity contribution in [1.29, 1.82) is 0 Å². The first-order valence-corrected chi connectivity index (χ1v) is 8.54. The minimum atomic E-state index is -0.310. The molecule has 0 aromatic carbocycles. The predicted molar refractivity (Wildman–Crippen MR) is 92.3 cm³/mol. The molecular formula is C19H27NO4. The first kappa shape index (κ1) is 18.3. The Morgan fingerprint density at radius 2 is 2.12 bits per heavy atom. The van der Waals surface area contributed by atoms with E-state index in [1.165, 1.54) is 19.6 Å². The van der Waals surface area contributed by atoms with Crippen molar-refractivity contribution in [3.8, 4) is 0 Å². The SMILES string of the molecule is COC(=O)CCN(CC(C)C)C(=O)C=Cc1ccc(C2CC2C)o1. The lowest BCUT2D eigenvalue weighted by Crippen LogP contribution is -2.34. The number of rotatable bonds is 8. The van der Waals surface area contributed by atoms with E-state index in [0.717, 1.165) is 5.76 Å². The second kappa shape index (κ2) is 8.18. The molecule has 1 aliphatic carbocycles. The van der Waals surface area contributed by atoms with Gasteiger partial charge in [0, 0.05) is 25.1 Å². The van der Waals surface area contributed by atoms with Gasteiger partial charge in [-0.3, -0.25) is 9.59 Å². The van der Waals surface area contributed by atoms with E-state index in [9.17, 15) is 9.59 Å². The van der Waals surface area contributed by atoms with Gasteiger partial charge in [-0.05, 0) is 36.5 Å².